The Balaban J connectivity index is 2.90. The lowest BCUT2D eigenvalue weighted by Gasteiger charge is -2.04. The third-order valence-electron chi connectivity index (χ3n) is 1.33. The second kappa shape index (κ2) is 3.63. The van der Waals surface area contributed by atoms with Crippen molar-refractivity contribution in [1.82, 2.24) is 0 Å². The van der Waals surface area contributed by atoms with Crippen molar-refractivity contribution in [1.29, 1.82) is 0 Å². The number of hydrogen-bond acceptors (Lipinski definition) is 3. The van der Waals surface area contributed by atoms with Crippen LogP contribution in [-0.4, -0.2) is 15.5 Å². The summed E-state index contributed by atoms with van der Waals surface area (Å²) >= 11 is 0. The molecule has 0 atom stereocenters. The highest BCUT2D eigenvalue weighted by Crippen LogP contribution is 2.16. The first-order valence-electron chi connectivity index (χ1n) is 3.46. The molecule has 1 rings (SSSR count). The number of benzene rings is 1. The van der Waals surface area contributed by atoms with E-state index in [-0.39, 0.29) is 0 Å². The minimum absolute atomic E-state index is 0.377. The van der Waals surface area contributed by atoms with E-state index >= 15 is 0 Å². The van der Waals surface area contributed by atoms with Crippen molar-refractivity contribution in [2.75, 3.05) is 11.8 Å². The number of rotatable bonds is 3. The van der Waals surface area contributed by atoms with Crippen LogP contribution in [0.4, 0.5) is 5.69 Å². The molecule has 0 fully saturated rings. The first-order valence-corrected chi connectivity index (χ1v) is 5.00. The van der Waals surface area contributed by atoms with Gasteiger partial charge in [-0.25, -0.2) is 5.14 Å². The van der Waals surface area contributed by atoms with E-state index in [1.165, 1.54) is 13.2 Å². The van der Waals surface area contributed by atoms with Gasteiger partial charge in [-0.05, 0) is 12.1 Å². The zero-order valence-corrected chi connectivity index (χ0v) is 7.84. The van der Waals surface area contributed by atoms with Gasteiger partial charge in [0.2, 0.25) is 0 Å². The van der Waals surface area contributed by atoms with Crippen molar-refractivity contribution < 1.29 is 13.2 Å². The van der Waals surface area contributed by atoms with E-state index in [0.717, 1.165) is 0 Å². The van der Waals surface area contributed by atoms with Crippen molar-refractivity contribution >= 4 is 15.9 Å². The van der Waals surface area contributed by atoms with E-state index in [4.69, 9.17) is 9.88 Å². The lowest BCUT2D eigenvalue weighted by molar-refractivity contribution is 0.415. The Hall–Kier alpha value is -1.27. The molecule has 13 heavy (non-hydrogen) atoms. The Morgan fingerprint density at radius 3 is 2.69 bits per heavy atom. The van der Waals surface area contributed by atoms with Gasteiger partial charge in [0.1, 0.15) is 5.75 Å². The molecule has 1 aromatic carbocycles. The standard InChI is InChI=1S/C7H10N2O3S/c1-12-7-4-2-3-6(5-7)9-13(8,10)11/h2-5,9H,1H3,(H2,8,10,11). The first kappa shape index (κ1) is 9.82. The van der Waals surface area contributed by atoms with Gasteiger partial charge in [0.25, 0.3) is 10.2 Å². The molecule has 0 saturated carbocycles. The van der Waals surface area contributed by atoms with Crippen LogP contribution in [0.3, 0.4) is 0 Å². The van der Waals surface area contributed by atoms with Gasteiger partial charge in [-0.2, -0.15) is 8.42 Å². The van der Waals surface area contributed by atoms with Crippen molar-refractivity contribution in [2.24, 2.45) is 5.14 Å². The summed E-state index contributed by atoms with van der Waals surface area (Å²) in [5.74, 6) is 0.564. The first-order chi connectivity index (χ1) is 6.01. The van der Waals surface area contributed by atoms with E-state index in [0.29, 0.717) is 11.4 Å². The predicted octanol–water partition coefficient (Wildman–Crippen LogP) is 0.311. The smallest absolute Gasteiger partial charge is 0.296 e. The number of anilines is 1. The van der Waals surface area contributed by atoms with E-state index in [1.54, 1.807) is 18.2 Å². The minimum Gasteiger partial charge on any atom is -0.497 e. The Labute approximate surface area is 76.7 Å². The molecule has 0 amide bonds. The Morgan fingerprint density at radius 1 is 1.46 bits per heavy atom. The van der Waals surface area contributed by atoms with Crippen LogP contribution >= 0.6 is 0 Å². The molecule has 72 valence electrons. The summed E-state index contributed by atoms with van der Waals surface area (Å²) in [5.41, 5.74) is 0.377. The Morgan fingerprint density at radius 2 is 2.15 bits per heavy atom. The van der Waals surface area contributed by atoms with E-state index in [2.05, 4.69) is 4.72 Å². The molecule has 6 heteroatoms. The molecule has 0 aliphatic heterocycles. The fourth-order valence-corrected chi connectivity index (χ4v) is 1.31. The molecule has 5 nitrogen and oxygen atoms in total. The summed E-state index contributed by atoms with van der Waals surface area (Å²) in [5, 5.41) is 4.78. The number of nitrogens with two attached hydrogens (primary N) is 1. The second-order valence-electron chi connectivity index (χ2n) is 2.38. The molecule has 0 aliphatic rings. The maximum absolute atomic E-state index is 10.6. The van der Waals surface area contributed by atoms with Gasteiger partial charge in [-0.3, -0.25) is 4.72 Å². The highest BCUT2D eigenvalue weighted by Gasteiger charge is 2.02. The number of methoxy groups -OCH3 is 1. The molecule has 1 aromatic rings. The third kappa shape index (κ3) is 3.30. The van der Waals surface area contributed by atoms with E-state index in [1.807, 2.05) is 0 Å². The van der Waals surface area contributed by atoms with Crippen LogP contribution in [0.5, 0.6) is 5.75 Å². The topological polar surface area (TPSA) is 81.4 Å². The Bertz CT molecular complexity index is 388. The molecule has 0 unspecified atom stereocenters. The van der Waals surface area contributed by atoms with Gasteiger partial charge < -0.3 is 4.74 Å². The van der Waals surface area contributed by atoms with Gasteiger partial charge in [0.15, 0.2) is 0 Å². The van der Waals surface area contributed by atoms with Gasteiger partial charge in [-0.15, -0.1) is 0 Å². The average Bonchev–Trinajstić information content (AvgIpc) is 2.01. The zero-order chi connectivity index (χ0) is 9.90. The third-order valence-corrected chi connectivity index (χ3v) is 1.85. The average molecular weight is 202 g/mol. The maximum Gasteiger partial charge on any atom is 0.296 e. The normalized spacial score (nSPS) is 10.9. The lowest BCUT2D eigenvalue weighted by Crippen LogP contribution is -2.21. The predicted molar refractivity (Wildman–Crippen MR) is 49.7 cm³/mol. The molecule has 0 bridgehead atoms. The summed E-state index contributed by atoms with van der Waals surface area (Å²) < 4.78 is 28.3. The molecule has 0 heterocycles. The summed E-state index contributed by atoms with van der Waals surface area (Å²) in [4.78, 5) is 0. The summed E-state index contributed by atoms with van der Waals surface area (Å²) in [6, 6.07) is 6.47. The molecule has 3 N–H and O–H groups in total. The Kier molecular flexibility index (Phi) is 2.74. The van der Waals surface area contributed by atoms with Gasteiger partial charge in [0, 0.05) is 6.07 Å². The van der Waals surface area contributed by atoms with Crippen LogP contribution in [0.1, 0.15) is 0 Å². The number of ether oxygens (including phenoxy) is 1. The van der Waals surface area contributed by atoms with Crippen LogP contribution in [0.15, 0.2) is 24.3 Å². The van der Waals surface area contributed by atoms with Crippen molar-refractivity contribution in [3.8, 4) is 5.75 Å². The highest BCUT2D eigenvalue weighted by atomic mass is 32.2. The van der Waals surface area contributed by atoms with Crippen LogP contribution in [0.25, 0.3) is 0 Å². The SMILES string of the molecule is COc1cccc(NS(N)(=O)=O)c1. The monoisotopic (exact) mass is 202 g/mol. The summed E-state index contributed by atoms with van der Waals surface area (Å²) in [6.07, 6.45) is 0. The fraction of sp³-hybridized carbons (Fsp3) is 0.143. The van der Waals surface area contributed by atoms with E-state index < -0.39 is 10.2 Å². The maximum atomic E-state index is 10.6. The molecule has 0 saturated heterocycles. The highest BCUT2D eigenvalue weighted by molar-refractivity contribution is 7.90. The van der Waals surface area contributed by atoms with Gasteiger partial charge >= 0.3 is 0 Å². The van der Waals surface area contributed by atoms with E-state index in [9.17, 15) is 8.42 Å². The molecule has 0 radical (unpaired) electrons. The van der Waals surface area contributed by atoms with Crippen molar-refractivity contribution in [3.05, 3.63) is 24.3 Å². The molecule has 0 aromatic heterocycles. The number of nitrogens with one attached hydrogen (secondary N) is 1. The molecular formula is C7H10N2O3S. The van der Waals surface area contributed by atoms with Crippen LogP contribution in [-0.2, 0) is 10.2 Å². The molecular weight excluding hydrogens is 192 g/mol. The molecule has 0 spiro atoms. The van der Waals surface area contributed by atoms with Crippen LogP contribution in [0.2, 0.25) is 0 Å². The minimum atomic E-state index is -3.71. The second-order valence-corrected chi connectivity index (χ2v) is 3.67. The van der Waals surface area contributed by atoms with Crippen LogP contribution in [0, 0.1) is 0 Å². The largest absolute Gasteiger partial charge is 0.497 e. The van der Waals surface area contributed by atoms with Crippen molar-refractivity contribution in [3.63, 3.8) is 0 Å². The summed E-state index contributed by atoms with van der Waals surface area (Å²) in [7, 11) is -2.21. The van der Waals surface area contributed by atoms with Gasteiger partial charge in [-0.1, -0.05) is 6.07 Å². The number of hydrogen-bond donors (Lipinski definition) is 2. The lowest BCUT2D eigenvalue weighted by atomic mass is 10.3. The fourth-order valence-electron chi connectivity index (χ4n) is 0.851. The van der Waals surface area contributed by atoms with Crippen LogP contribution < -0.4 is 14.6 Å². The summed E-state index contributed by atoms with van der Waals surface area (Å²) in [6.45, 7) is 0. The van der Waals surface area contributed by atoms with Gasteiger partial charge in [0.05, 0.1) is 12.8 Å². The molecule has 0 aliphatic carbocycles. The quantitative estimate of drug-likeness (QED) is 0.740. The van der Waals surface area contributed by atoms with Crippen molar-refractivity contribution in [2.45, 2.75) is 0 Å². The zero-order valence-electron chi connectivity index (χ0n) is 7.02.